The lowest BCUT2D eigenvalue weighted by atomic mass is 9.75. The number of nitro benzene ring substituents is 1. The number of hydrogen-bond donors (Lipinski definition) is 1. The lowest BCUT2D eigenvalue weighted by Crippen LogP contribution is -2.54. The highest BCUT2D eigenvalue weighted by Crippen LogP contribution is 2.61. The molecule has 0 saturated carbocycles. The van der Waals surface area contributed by atoms with Crippen molar-refractivity contribution < 1.29 is 24.0 Å². The largest absolute Gasteiger partial charge is 0.490 e. The van der Waals surface area contributed by atoms with Crippen LogP contribution in [0.4, 0.5) is 17.1 Å². The molecular formula is C24H21ClN4O6. The molecule has 4 atom stereocenters. The number of aryl methyl sites for hydroxylation is 1. The van der Waals surface area contributed by atoms with Crippen molar-refractivity contribution >= 4 is 46.4 Å². The molecule has 0 aliphatic carbocycles. The van der Waals surface area contributed by atoms with Crippen LogP contribution >= 0.6 is 11.6 Å². The number of carbonyl (C=O) groups excluding carboxylic acids is 3. The van der Waals surface area contributed by atoms with Crippen molar-refractivity contribution in [3.63, 3.8) is 0 Å². The number of para-hydroxylation sites is 1. The van der Waals surface area contributed by atoms with Gasteiger partial charge in [-0.05, 0) is 37.9 Å². The summed E-state index contributed by atoms with van der Waals surface area (Å²) in [7, 11) is 1.29. The standard InChI is InChI=1S/C24H21ClN4O6/c1-11-9-16(29(33)34)17(35-2)10-15(11)28-21(30)18-14-7-4-8-27(14)24(19(18)22(28)31)12-5-3-6-13(25)20(12)26-23(24)32/h3,5-6,9-10,14,18-19H,4,7-8H2,1-2H3,(H,26,32)/t14-,18+,19+,24+/m0/s1. The molecule has 35 heavy (non-hydrogen) atoms. The van der Waals surface area contributed by atoms with Crippen molar-refractivity contribution in [3.8, 4) is 5.75 Å². The summed E-state index contributed by atoms with van der Waals surface area (Å²) in [4.78, 5) is 55.6. The third-order valence-corrected chi connectivity index (χ3v) is 8.23. The molecule has 0 bridgehead atoms. The predicted molar refractivity (Wildman–Crippen MR) is 125 cm³/mol. The van der Waals surface area contributed by atoms with Crippen molar-refractivity contribution in [2.45, 2.75) is 31.3 Å². The van der Waals surface area contributed by atoms with Gasteiger partial charge in [-0.15, -0.1) is 0 Å². The number of hydrogen-bond acceptors (Lipinski definition) is 7. The zero-order valence-corrected chi connectivity index (χ0v) is 19.7. The summed E-state index contributed by atoms with van der Waals surface area (Å²) in [6.45, 7) is 2.19. The van der Waals surface area contributed by atoms with E-state index in [1.165, 1.54) is 19.2 Å². The Morgan fingerprint density at radius 2 is 2.00 bits per heavy atom. The van der Waals surface area contributed by atoms with Crippen LogP contribution in [0.3, 0.4) is 0 Å². The first kappa shape index (κ1) is 22.0. The maximum Gasteiger partial charge on any atom is 0.311 e. The molecule has 4 aliphatic heterocycles. The van der Waals surface area contributed by atoms with Crippen LogP contribution < -0.4 is 15.0 Å². The van der Waals surface area contributed by atoms with E-state index >= 15 is 0 Å². The molecule has 0 unspecified atom stereocenters. The molecule has 11 heteroatoms. The smallest absolute Gasteiger partial charge is 0.311 e. The highest BCUT2D eigenvalue weighted by molar-refractivity contribution is 6.35. The summed E-state index contributed by atoms with van der Waals surface area (Å²) in [5.41, 5.74) is 0.0850. The van der Waals surface area contributed by atoms with Crippen LogP contribution in [-0.2, 0) is 19.9 Å². The average Bonchev–Trinajstić information content (AvgIpc) is 3.53. The van der Waals surface area contributed by atoms with Gasteiger partial charge in [0, 0.05) is 23.7 Å². The molecule has 10 nitrogen and oxygen atoms in total. The van der Waals surface area contributed by atoms with E-state index in [1.54, 1.807) is 25.1 Å². The van der Waals surface area contributed by atoms with Gasteiger partial charge in [0.2, 0.25) is 11.8 Å². The minimum atomic E-state index is -1.34. The van der Waals surface area contributed by atoms with Crippen molar-refractivity contribution in [1.29, 1.82) is 0 Å². The van der Waals surface area contributed by atoms with Crippen molar-refractivity contribution in [2.24, 2.45) is 11.8 Å². The quantitative estimate of drug-likeness (QED) is 0.393. The number of nitrogens with zero attached hydrogens (tertiary/aromatic N) is 3. The molecule has 3 fully saturated rings. The molecule has 6 rings (SSSR count). The average molecular weight is 497 g/mol. The zero-order valence-electron chi connectivity index (χ0n) is 18.9. The molecule has 3 amide bonds. The van der Waals surface area contributed by atoms with Crippen LogP contribution in [0.15, 0.2) is 30.3 Å². The molecule has 2 aromatic carbocycles. The third kappa shape index (κ3) is 2.55. The maximum atomic E-state index is 14.1. The number of nitro groups is 1. The Bertz CT molecular complexity index is 1360. The molecule has 0 aromatic heterocycles. The number of methoxy groups -OCH3 is 1. The van der Waals surface area contributed by atoms with Crippen molar-refractivity contribution in [1.82, 2.24) is 4.90 Å². The van der Waals surface area contributed by atoms with Gasteiger partial charge >= 0.3 is 5.69 Å². The van der Waals surface area contributed by atoms with E-state index < -0.39 is 34.1 Å². The first-order valence-electron chi connectivity index (χ1n) is 11.3. The number of carbonyl (C=O) groups is 3. The molecule has 1 N–H and O–H groups in total. The Morgan fingerprint density at radius 1 is 1.23 bits per heavy atom. The predicted octanol–water partition coefficient (Wildman–Crippen LogP) is 3.00. The van der Waals surface area contributed by atoms with Gasteiger partial charge < -0.3 is 10.1 Å². The van der Waals surface area contributed by atoms with Crippen LogP contribution in [0.2, 0.25) is 5.02 Å². The fourth-order valence-electron chi connectivity index (χ4n) is 6.64. The highest BCUT2D eigenvalue weighted by atomic mass is 35.5. The lowest BCUT2D eigenvalue weighted by molar-refractivity contribution is -0.385. The number of imide groups is 1. The summed E-state index contributed by atoms with van der Waals surface area (Å²) in [5.74, 6) is -2.99. The van der Waals surface area contributed by atoms with Crippen LogP contribution in [-0.4, -0.2) is 47.2 Å². The highest BCUT2D eigenvalue weighted by Gasteiger charge is 2.74. The monoisotopic (exact) mass is 496 g/mol. The first-order chi connectivity index (χ1) is 16.7. The molecular weight excluding hydrogens is 476 g/mol. The number of benzene rings is 2. The topological polar surface area (TPSA) is 122 Å². The van der Waals surface area contributed by atoms with Gasteiger partial charge in [0.05, 0.1) is 40.3 Å². The van der Waals surface area contributed by atoms with E-state index in [0.29, 0.717) is 34.8 Å². The van der Waals surface area contributed by atoms with Gasteiger partial charge in [0.15, 0.2) is 5.75 Å². The number of anilines is 2. The van der Waals surface area contributed by atoms with E-state index in [1.807, 2.05) is 4.90 Å². The fraction of sp³-hybridized carbons (Fsp3) is 0.375. The summed E-state index contributed by atoms with van der Waals surface area (Å²) < 4.78 is 5.19. The molecule has 4 aliphatic rings. The number of ether oxygens (including phenoxy) is 1. The third-order valence-electron chi connectivity index (χ3n) is 7.91. The summed E-state index contributed by atoms with van der Waals surface area (Å²) >= 11 is 6.40. The second-order valence-electron chi connectivity index (χ2n) is 9.37. The Morgan fingerprint density at radius 3 is 2.71 bits per heavy atom. The number of halogens is 1. The number of nitrogens with one attached hydrogen (secondary N) is 1. The molecule has 4 heterocycles. The van der Waals surface area contributed by atoms with E-state index in [0.717, 1.165) is 11.3 Å². The maximum absolute atomic E-state index is 14.1. The van der Waals surface area contributed by atoms with E-state index in [-0.39, 0.29) is 29.1 Å². The number of rotatable bonds is 3. The molecule has 0 radical (unpaired) electrons. The minimum Gasteiger partial charge on any atom is -0.490 e. The molecule has 180 valence electrons. The van der Waals surface area contributed by atoms with Gasteiger partial charge in [-0.2, -0.15) is 0 Å². The first-order valence-corrected chi connectivity index (χ1v) is 11.7. The second-order valence-corrected chi connectivity index (χ2v) is 9.78. The van der Waals surface area contributed by atoms with Crippen molar-refractivity contribution in [3.05, 3.63) is 56.6 Å². The Hall–Kier alpha value is -3.50. The van der Waals surface area contributed by atoms with Crippen LogP contribution in [0.5, 0.6) is 5.75 Å². The van der Waals surface area contributed by atoms with Gasteiger partial charge in [-0.3, -0.25) is 29.4 Å². The van der Waals surface area contributed by atoms with E-state index in [2.05, 4.69) is 5.32 Å². The van der Waals surface area contributed by atoms with Crippen molar-refractivity contribution in [2.75, 3.05) is 23.9 Å². The van der Waals surface area contributed by atoms with Crippen LogP contribution in [0.25, 0.3) is 0 Å². The summed E-state index contributed by atoms with van der Waals surface area (Å²) in [5, 5.41) is 14.7. The lowest BCUT2D eigenvalue weighted by Gasteiger charge is -2.36. The molecule has 1 spiro atoms. The normalized spacial score (nSPS) is 28.9. The molecule has 3 saturated heterocycles. The van der Waals surface area contributed by atoms with Gasteiger partial charge in [0.1, 0.15) is 5.54 Å². The second kappa shape index (κ2) is 7.25. The molecule has 2 aromatic rings. The van der Waals surface area contributed by atoms with Gasteiger partial charge in [-0.1, -0.05) is 23.7 Å². The number of amides is 3. The SMILES string of the molecule is COc1cc(N2C(=O)[C@@H]3[C@@H]4CCCN4[C@@]4(C(=O)Nc5c(Cl)cccc54)[C@H]3C2=O)c(C)cc1[N+](=O)[O-]. The van der Waals surface area contributed by atoms with E-state index in [4.69, 9.17) is 16.3 Å². The summed E-state index contributed by atoms with van der Waals surface area (Å²) in [6.07, 6.45) is 1.48. The van der Waals surface area contributed by atoms with Gasteiger partial charge in [0.25, 0.3) is 5.91 Å². The Balaban J connectivity index is 1.54. The van der Waals surface area contributed by atoms with Crippen LogP contribution in [0, 0.1) is 28.9 Å². The fourth-order valence-corrected chi connectivity index (χ4v) is 6.86. The minimum absolute atomic E-state index is 0.0544. The zero-order chi connectivity index (χ0) is 24.8. The Kier molecular flexibility index (Phi) is 4.56. The summed E-state index contributed by atoms with van der Waals surface area (Å²) in [6, 6.07) is 7.57. The Labute approximate surface area is 204 Å². The van der Waals surface area contributed by atoms with Gasteiger partial charge in [-0.25, -0.2) is 4.90 Å². The number of fused-ring (bicyclic) bond motifs is 7. The van der Waals surface area contributed by atoms with E-state index in [9.17, 15) is 24.5 Å². The van der Waals surface area contributed by atoms with Crippen LogP contribution in [0.1, 0.15) is 24.0 Å².